The van der Waals surface area contributed by atoms with E-state index in [1.807, 2.05) is 0 Å². The molecule has 10 heavy (non-hydrogen) atoms. The van der Waals surface area contributed by atoms with Crippen LogP contribution in [0.25, 0.3) is 0 Å². The minimum atomic E-state index is -0.382. The first kappa shape index (κ1) is 7.34. The van der Waals surface area contributed by atoms with Crippen LogP contribution in [-0.2, 0) is 0 Å². The summed E-state index contributed by atoms with van der Waals surface area (Å²) in [6, 6.07) is -0.382. The summed E-state index contributed by atoms with van der Waals surface area (Å²) in [6.45, 7) is 1.19. The molecule has 4 nitrogen and oxygen atoms in total. The van der Waals surface area contributed by atoms with Gasteiger partial charge in [-0.2, -0.15) is 0 Å². The van der Waals surface area contributed by atoms with E-state index in [1.165, 1.54) is 0 Å². The zero-order valence-corrected chi connectivity index (χ0v) is 5.79. The Morgan fingerprint density at radius 3 is 2.40 bits per heavy atom. The molecule has 0 bridgehead atoms. The highest BCUT2D eigenvalue weighted by Gasteiger charge is 2.18. The topological polar surface area (TPSA) is 66.6 Å². The van der Waals surface area contributed by atoms with E-state index in [2.05, 4.69) is 0 Å². The average molecular weight is 144 g/mol. The third kappa shape index (κ3) is 1.60. The Labute approximate surface area is 59.6 Å². The van der Waals surface area contributed by atoms with Gasteiger partial charge in [0.25, 0.3) is 0 Å². The molecule has 2 amide bonds. The molecule has 1 saturated heterocycles. The maximum Gasteiger partial charge on any atom is 0.314 e. The molecule has 0 aliphatic carbocycles. The normalized spacial score (nSPS) is 21.1. The summed E-state index contributed by atoms with van der Waals surface area (Å²) < 4.78 is 0. The maximum atomic E-state index is 10.5. The van der Waals surface area contributed by atoms with Crippen molar-refractivity contribution < 1.29 is 9.90 Å². The van der Waals surface area contributed by atoms with Crippen molar-refractivity contribution in [1.82, 2.24) is 4.90 Å². The van der Waals surface area contributed by atoms with E-state index in [0.717, 1.165) is 0 Å². The van der Waals surface area contributed by atoms with Gasteiger partial charge in [-0.05, 0) is 12.8 Å². The van der Waals surface area contributed by atoms with Gasteiger partial charge in [0.1, 0.15) is 0 Å². The molecule has 0 saturated carbocycles. The molecule has 1 fully saturated rings. The van der Waals surface area contributed by atoms with E-state index >= 15 is 0 Å². The number of rotatable bonds is 0. The molecule has 0 atom stereocenters. The van der Waals surface area contributed by atoms with Crippen LogP contribution in [0.15, 0.2) is 0 Å². The average Bonchev–Trinajstić information content (AvgIpc) is 1.88. The molecule has 1 aliphatic heterocycles. The van der Waals surface area contributed by atoms with Gasteiger partial charge in [0.15, 0.2) is 0 Å². The standard InChI is InChI=1S/C6H12N2O2/c7-6(10)8-3-1-5(9)2-4-8/h5,9H,1-4H2,(H2,7,10). The zero-order valence-electron chi connectivity index (χ0n) is 5.79. The fourth-order valence-corrected chi connectivity index (χ4v) is 1.09. The highest BCUT2D eigenvalue weighted by Crippen LogP contribution is 2.08. The minimum Gasteiger partial charge on any atom is -0.393 e. The van der Waals surface area contributed by atoms with E-state index < -0.39 is 0 Å². The van der Waals surface area contributed by atoms with Crippen molar-refractivity contribution in [3.8, 4) is 0 Å². The third-order valence-electron chi connectivity index (χ3n) is 1.78. The van der Waals surface area contributed by atoms with Crippen LogP contribution < -0.4 is 5.73 Å². The van der Waals surface area contributed by atoms with Crippen molar-refractivity contribution in [2.24, 2.45) is 5.73 Å². The first-order valence-corrected chi connectivity index (χ1v) is 3.42. The fourth-order valence-electron chi connectivity index (χ4n) is 1.09. The molecular formula is C6H12N2O2. The second kappa shape index (κ2) is 2.88. The lowest BCUT2D eigenvalue weighted by molar-refractivity contribution is 0.0961. The summed E-state index contributed by atoms with van der Waals surface area (Å²) in [5.41, 5.74) is 5.02. The Morgan fingerprint density at radius 1 is 1.50 bits per heavy atom. The molecule has 1 rings (SSSR count). The fraction of sp³-hybridized carbons (Fsp3) is 0.833. The van der Waals surface area contributed by atoms with Gasteiger partial charge >= 0.3 is 6.03 Å². The molecule has 0 aromatic rings. The maximum absolute atomic E-state index is 10.5. The van der Waals surface area contributed by atoms with Crippen LogP contribution in [0, 0.1) is 0 Å². The second-order valence-electron chi connectivity index (χ2n) is 2.56. The molecule has 1 heterocycles. The van der Waals surface area contributed by atoms with Crippen LogP contribution in [0.3, 0.4) is 0 Å². The van der Waals surface area contributed by atoms with Crippen LogP contribution in [0.4, 0.5) is 4.79 Å². The van der Waals surface area contributed by atoms with E-state index in [4.69, 9.17) is 10.8 Å². The van der Waals surface area contributed by atoms with Crippen LogP contribution in [0.1, 0.15) is 12.8 Å². The lowest BCUT2D eigenvalue weighted by Crippen LogP contribution is -2.42. The number of piperidine rings is 1. The number of hydrogen-bond donors (Lipinski definition) is 2. The number of aliphatic hydroxyl groups is 1. The second-order valence-corrected chi connectivity index (χ2v) is 2.56. The van der Waals surface area contributed by atoms with Crippen LogP contribution in [0.2, 0.25) is 0 Å². The molecule has 0 aromatic carbocycles. The summed E-state index contributed by atoms with van der Waals surface area (Å²) in [7, 11) is 0. The largest absolute Gasteiger partial charge is 0.393 e. The molecule has 1 aliphatic rings. The van der Waals surface area contributed by atoms with Crippen molar-refractivity contribution in [3.05, 3.63) is 0 Å². The van der Waals surface area contributed by atoms with Gasteiger partial charge in [-0.1, -0.05) is 0 Å². The number of carbonyl (C=O) groups is 1. The van der Waals surface area contributed by atoms with E-state index in [9.17, 15) is 4.79 Å². The lowest BCUT2D eigenvalue weighted by Gasteiger charge is -2.27. The number of hydrogen-bond acceptors (Lipinski definition) is 2. The van der Waals surface area contributed by atoms with E-state index in [0.29, 0.717) is 25.9 Å². The summed E-state index contributed by atoms with van der Waals surface area (Å²) in [4.78, 5) is 12.1. The van der Waals surface area contributed by atoms with Crippen LogP contribution >= 0.6 is 0 Å². The van der Waals surface area contributed by atoms with Crippen LogP contribution in [-0.4, -0.2) is 35.2 Å². The Kier molecular flexibility index (Phi) is 2.11. The lowest BCUT2D eigenvalue weighted by atomic mass is 10.1. The molecule has 3 N–H and O–H groups in total. The molecule has 58 valence electrons. The Morgan fingerprint density at radius 2 is 2.00 bits per heavy atom. The molecular weight excluding hydrogens is 132 g/mol. The molecule has 0 aromatic heterocycles. The Hall–Kier alpha value is -0.770. The van der Waals surface area contributed by atoms with E-state index in [1.54, 1.807) is 4.90 Å². The third-order valence-corrected chi connectivity index (χ3v) is 1.78. The van der Waals surface area contributed by atoms with Crippen molar-refractivity contribution in [1.29, 1.82) is 0 Å². The number of carbonyl (C=O) groups excluding carboxylic acids is 1. The van der Waals surface area contributed by atoms with Gasteiger partial charge in [0.2, 0.25) is 0 Å². The summed E-state index contributed by atoms with van der Waals surface area (Å²) in [5.74, 6) is 0. The smallest absolute Gasteiger partial charge is 0.314 e. The van der Waals surface area contributed by atoms with Gasteiger partial charge in [-0.25, -0.2) is 4.79 Å². The van der Waals surface area contributed by atoms with Crippen molar-refractivity contribution >= 4 is 6.03 Å². The highest BCUT2D eigenvalue weighted by molar-refractivity contribution is 5.72. The minimum absolute atomic E-state index is 0.240. The first-order chi connectivity index (χ1) is 4.70. The summed E-state index contributed by atoms with van der Waals surface area (Å²) in [5, 5.41) is 9.03. The summed E-state index contributed by atoms with van der Waals surface area (Å²) >= 11 is 0. The quantitative estimate of drug-likeness (QED) is 0.482. The van der Waals surface area contributed by atoms with E-state index in [-0.39, 0.29) is 12.1 Å². The number of amides is 2. The van der Waals surface area contributed by atoms with Crippen molar-refractivity contribution in [2.45, 2.75) is 18.9 Å². The predicted octanol–water partition coefficient (Wildman–Crippen LogP) is -0.478. The zero-order chi connectivity index (χ0) is 7.56. The van der Waals surface area contributed by atoms with Gasteiger partial charge in [0, 0.05) is 13.1 Å². The first-order valence-electron chi connectivity index (χ1n) is 3.42. The number of likely N-dealkylation sites (tertiary alicyclic amines) is 1. The highest BCUT2D eigenvalue weighted by atomic mass is 16.3. The van der Waals surface area contributed by atoms with Gasteiger partial charge in [-0.15, -0.1) is 0 Å². The number of nitrogens with two attached hydrogens (primary N) is 1. The number of urea groups is 1. The predicted molar refractivity (Wildman–Crippen MR) is 36.4 cm³/mol. The molecule has 0 spiro atoms. The van der Waals surface area contributed by atoms with Crippen molar-refractivity contribution in [2.75, 3.05) is 13.1 Å². The molecule has 4 heteroatoms. The SMILES string of the molecule is NC(=O)N1CCC(O)CC1. The van der Waals surface area contributed by atoms with Crippen molar-refractivity contribution in [3.63, 3.8) is 0 Å². The monoisotopic (exact) mass is 144 g/mol. The molecule has 0 radical (unpaired) electrons. The van der Waals surface area contributed by atoms with Gasteiger partial charge < -0.3 is 15.7 Å². The number of aliphatic hydroxyl groups excluding tert-OH is 1. The van der Waals surface area contributed by atoms with Crippen LogP contribution in [0.5, 0.6) is 0 Å². The Balaban J connectivity index is 2.33. The Bertz CT molecular complexity index is 130. The number of primary amides is 1. The van der Waals surface area contributed by atoms with Gasteiger partial charge in [-0.3, -0.25) is 0 Å². The summed E-state index contributed by atoms with van der Waals surface area (Å²) in [6.07, 6.45) is 1.07. The van der Waals surface area contributed by atoms with Gasteiger partial charge in [0.05, 0.1) is 6.10 Å². The molecule has 0 unspecified atom stereocenters. The number of nitrogens with zero attached hydrogens (tertiary/aromatic N) is 1.